The summed E-state index contributed by atoms with van der Waals surface area (Å²) in [5.41, 5.74) is -0.0771. The van der Waals surface area contributed by atoms with Crippen molar-refractivity contribution in [2.45, 2.75) is 6.42 Å². The SMILES string of the molecule is O=[N+]([O-])c1cnc(N2CCCNCC2)c(Cl)c1. The molecular weight excluding hydrogens is 244 g/mol. The summed E-state index contributed by atoms with van der Waals surface area (Å²) in [6, 6.07) is 1.35. The van der Waals surface area contributed by atoms with Crippen molar-refractivity contribution in [2.24, 2.45) is 0 Å². The molecule has 0 bridgehead atoms. The van der Waals surface area contributed by atoms with Gasteiger partial charge in [-0.15, -0.1) is 0 Å². The minimum Gasteiger partial charge on any atom is -0.354 e. The molecule has 2 rings (SSSR count). The highest BCUT2D eigenvalue weighted by Gasteiger charge is 2.17. The van der Waals surface area contributed by atoms with Crippen molar-refractivity contribution < 1.29 is 4.92 Å². The molecule has 1 fully saturated rings. The van der Waals surface area contributed by atoms with E-state index in [1.807, 2.05) is 4.90 Å². The molecule has 1 N–H and O–H groups in total. The van der Waals surface area contributed by atoms with E-state index in [4.69, 9.17) is 11.6 Å². The highest BCUT2D eigenvalue weighted by Crippen LogP contribution is 2.27. The molecule has 2 heterocycles. The number of hydrogen-bond acceptors (Lipinski definition) is 5. The monoisotopic (exact) mass is 256 g/mol. The number of nitrogens with zero attached hydrogens (tertiary/aromatic N) is 3. The van der Waals surface area contributed by atoms with Crippen LogP contribution in [0.5, 0.6) is 0 Å². The van der Waals surface area contributed by atoms with E-state index < -0.39 is 4.92 Å². The molecule has 1 aliphatic heterocycles. The molecule has 1 aromatic rings. The number of aromatic nitrogens is 1. The number of nitrogens with one attached hydrogen (secondary N) is 1. The summed E-state index contributed by atoms with van der Waals surface area (Å²) < 4.78 is 0. The number of halogens is 1. The lowest BCUT2D eigenvalue weighted by atomic mass is 10.3. The minimum atomic E-state index is -0.493. The lowest BCUT2D eigenvalue weighted by Gasteiger charge is -2.21. The number of rotatable bonds is 2. The van der Waals surface area contributed by atoms with Gasteiger partial charge < -0.3 is 10.2 Å². The van der Waals surface area contributed by atoms with Gasteiger partial charge >= 0.3 is 0 Å². The first-order valence-electron chi connectivity index (χ1n) is 5.44. The molecule has 0 amide bonds. The van der Waals surface area contributed by atoms with Crippen LogP contribution in [0.3, 0.4) is 0 Å². The summed E-state index contributed by atoms with van der Waals surface area (Å²) in [7, 11) is 0. The van der Waals surface area contributed by atoms with Crippen LogP contribution in [0.25, 0.3) is 0 Å². The Kier molecular flexibility index (Phi) is 3.75. The van der Waals surface area contributed by atoms with Crippen molar-refractivity contribution in [1.29, 1.82) is 0 Å². The zero-order valence-electron chi connectivity index (χ0n) is 9.23. The van der Waals surface area contributed by atoms with Crippen LogP contribution >= 0.6 is 11.6 Å². The number of nitro groups is 1. The van der Waals surface area contributed by atoms with Gasteiger partial charge in [0.25, 0.3) is 5.69 Å². The molecular formula is C10H13ClN4O2. The fraction of sp³-hybridized carbons (Fsp3) is 0.500. The molecule has 0 aliphatic carbocycles. The second-order valence-corrected chi connectivity index (χ2v) is 4.25. The fourth-order valence-electron chi connectivity index (χ4n) is 1.81. The van der Waals surface area contributed by atoms with Gasteiger partial charge in [0.2, 0.25) is 0 Å². The smallest absolute Gasteiger partial charge is 0.289 e. The van der Waals surface area contributed by atoms with E-state index in [0.717, 1.165) is 32.6 Å². The van der Waals surface area contributed by atoms with Gasteiger partial charge in [0.1, 0.15) is 12.0 Å². The molecule has 1 aromatic heterocycles. The zero-order chi connectivity index (χ0) is 12.3. The summed E-state index contributed by atoms with van der Waals surface area (Å²) in [4.78, 5) is 16.2. The molecule has 0 saturated carbocycles. The van der Waals surface area contributed by atoms with Gasteiger partial charge in [-0.25, -0.2) is 4.98 Å². The van der Waals surface area contributed by atoms with Crippen LogP contribution in [0.2, 0.25) is 5.02 Å². The number of hydrogen-bond donors (Lipinski definition) is 1. The Balaban J connectivity index is 2.22. The van der Waals surface area contributed by atoms with E-state index in [2.05, 4.69) is 10.3 Å². The van der Waals surface area contributed by atoms with Gasteiger partial charge in [0.05, 0.1) is 9.95 Å². The summed E-state index contributed by atoms with van der Waals surface area (Å²) in [6.45, 7) is 3.51. The van der Waals surface area contributed by atoms with Crippen molar-refractivity contribution in [1.82, 2.24) is 10.3 Å². The number of pyridine rings is 1. The van der Waals surface area contributed by atoms with E-state index in [1.165, 1.54) is 12.3 Å². The van der Waals surface area contributed by atoms with Crippen LogP contribution < -0.4 is 10.2 Å². The van der Waals surface area contributed by atoms with Crippen molar-refractivity contribution in [2.75, 3.05) is 31.1 Å². The molecule has 0 spiro atoms. The highest BCUT2D eigenvalue weighted by atomic mass is 35.5. The van der Waals surface area contributed by atoms with Crippen LogP contribution in [0, 0.1) is 10.1 Å². The lowest BCUT2D eigenvalue weighted by Crippen LogP contribution is -2.28. The maximum Gasteiger partial charge on any atom is 0.289 e. The summed E-state index contributed by atoms with van der Waals surface area (Å²) in [6.07, 6.45) is 2.26. The van der Waals surface area contributed by atoms with Crippen LogP contribution in [-0.2, 0) is 0 Å². The topological polar surface area (TPSA) is 71.3 Å². The molecule has 17 heavy (non-hydrogen) atoms. The van der Waals surface area contributed by atoms with Crippen LogP contribution in [-0.4, -0.2) is 36.1 Å². The molecule has 92 valence electrons. The summed E-state index contributed by atoms with van der Waals surface area (Å²) >= 11 is 6.03. The Morgan fingerprint density at radius 2 is 2.29 bits per heavy atom. The van der Waals surface area contributed by atoms with Gasteiger partial charge in [0.15, 0.2) is 0 Å². The lowest BCUT2D eigenvalue weighted by molar-refractivity contribution is -0.385. The molecule has 0 unspecified atom stereocenters. The van der Waals surface area contributed by atoms with Crippen molar-refractivity contribution >= 4 is 23.1 Å². The molecule has 0 radical (unpaired) electrons. The number of anilines is 1. The first-order valence-corrected chi connectivity index (χ1v) is 5.82. The van der Waals surface area contributed by atoms with E-state index in [0.29, 0.717) is 10.8 Å². The van der Waals surface area contributed by atoms with Crippen LogP contribution in [0.15, 0.2) is 12.3 Å². The molecule has 0 atom stereocenters. The first kappa shape index (κ1) is 12.1. The normalized spacial score (nSPS) is 16.6. The van der Waals surface area contributed by atoms with Gasteiger partial charge in [-0.3, -0.25) is 10.1 Å². The van der Waals surface area contributed by atoms with Gasteiger partial charge in [-0.05, 0) is 13.0 Å². The van der Waals surface area contributed by atoms with Crippen LogP contribution in [0.4, 0.5) is 11.5 Å². The van der Waals surface area contributed by atoms with Gasteiger partial charge in [-0.2, -0.15) is 0 Å². The molecule has 6 nitrogen and oxygen atoms in total. The van der Waals surface area contributed by atoms with E-state index in [1.54, 1.807) is 0 Å². The van der Waals surface area contributed by atoms with Crippen molar-refractivity contribution in [3.8, 4) is 0 Å². The Hall–Kier alpha value is -1.40. The molecule has 0 aromatic carbocycles. The van der Waals surface area contributed by atoms with Crippen LogP contribution in [0.1, 0.15) is 6.42 Å². The second kappa shape index (κ2) is 5.29. The van der Waals surface area contributed by atoms with E-state index in [-0.39, 0.29) is 5.69 Å². The Bertz CT molecular complexity index is 419. The maximum atomic E-state index is 10.6. The van der Waals surface area contributed by atoms with Crippen molar-refractivity contribution in [3.05, 3.63) is 27.4 Å². The first-order chi connectivity index (χ1) is 8.18. The largest absolute Gasteiger partial charge is 0.354 e. The van der Waals surface area contributed by atoms with Gasteiger partial charge in [0, 0.05) is 25.7 Å². The standard InChI is InChI=1S/C10H13ClN4O2/c11-9-6-8(15(16)17)7-13-10(9)14-4-1-2-12-3-5-14/h6-7,12H,1-5H2. The third-order valence-corrected chi connectivity index (χ3v) is 2.94. The predicted octanol–water partition coefficient (Wildman–Crippen LogP) is 1.44. The third-order valence-electron chi connectivity index (χ3n) is 2.66. The zero-order valence-corrected chi connectivity index (χ0v) is 9.98. The van der Waals surface area contributed by atoms with E-state index >= 15 is 0 Å². The minimum absolute atomic E-state index is 0.0771. The highest BCUT2D eigenvalue weighted by molar-refractivity contribution is 6.33. The van der Waals surface area contributed by atoms with Gasteiger partial charge in [-0.1, -0.05) is 11.6 Å². The third kappa shape index (κ3) is 2.83. The summed E-state index contributed by atoms with van der Waals surface area (Å²) in [5.74, 6) is 0.626. The average Bonchev–Trinajstić information content (AvgIpc) is 2.57. The Labute approximate surface area is 104 Å². The summed E-state index contributed by atoms with van der Waals surface area (Å²) in [5, 5.41) is 14.2. The van der Waals surface area contributed by atoms with E-state index in [9.17, 15) is 10.1 Å². The predicted molar refractivity (Wildman–Crippen MR) is 65.6 cm³/mol. The maximum absolute atomic E-state index is 10.6. The van der Waals surface area contributed by atoms with Crippen molar-refractivity contribution in [3.63, 3.8) is 0 Å². The molecule has 1 aliphatic rings. The Morgan fingerprint density at radius 3 is 3.00 bits per heavy atom. The second-order valence-electron chi connectivity index (χ2n) is 3.85. The quantitative estimate of drug-likeness (QED) is 0.640. The molecule has 7 heteroatoms. The Morgan fingerprint density at radius 1 is 1.47 bits per heavy atom. The molecule has 1 saturated heterocycles. The fourth-order valence-corrected chi connectivity index (χ4v) is 2.09. The average molecular weight is 257 g/mol.